The first-order valence-corrected chi connectivity index (χ1v) is 7.50. The Morgan fingerprint density at radius 1 is 1.32 bits per heavy atom. The summed E-state index contributed by atoms with van der Waals surface area (Å²) in [6.07, 6.45) is 2.10. The number of rotatable bonds is 4. The van der Waals surface area contributed by atoms with Gasteiger partial charge in [0.05, 0.1) is 5.39 Å². The molecule has 0 saturated carbocycles. The lowest BCUT2D eigenvalue weighted by molar-refractivity contribution is 0.389. The van der Waals surface area contributed by atoms with Gasteiger partial charge in [0.2, 0.25) is 5.95 Å². The Morgan fingerprint density at radius 2 is 2.05 bits per heavy atom. The topological polar surface area (TPSA) is 63.8 Å². The van der Waals surface area contributed by atoms with E-state index >= 15 is 0 Å². The van der Waals surface area contributed by atoms with Crippen molar-refractivity contribution < 1.29 is 0 Å². The zero-order valence-electron chi connectivity index (χ0n) is 12.1. The minimum Gasteiger partial charge on any atom is -0.369 e. The van der Waals surface area contributed by atoms with Gasteiger partial charge in [0.15, 0.2) is 0 Å². The van der Waals surface area contributed by atoms with Crippen LogP contribution in [-0.4, -0.2) is 16.5 Å². The Balaban J connectivity index is 2.23. The molecule has 0 atom stereocenters. The summed E-state index contributed by atoms with van der Waals surface area (Å²) in [4.78, 5) is 10.9. The number of aromatic nitrogens is 2. The van der Waals surface area contributed by atoms with Crippen molar-refractivity contribution in [1.29, 1.82) is 0 Å². The summed E-state index contributed by atoms with van der Waals surface area (Å²) < 4.78 is 0. The van der Waals surface area contributed by atoms with Gasteiger partial charge < -0.3 is 11.1 Å². The Kier molecular flexibility index (Phi) is 3.94. The molecule has 3 N–H and O–H groups in total. The minimum absolute atomic E-state index is 0.313. The highest BCUT2D eigenvalue weighted by molar-refractivity contribution is 7.18. The smallest absolute Gasteiger partial charge is 0.223 e. The van der Waals surface area contributed by atoms with Gasteiger partial charge in [-0.05, 0) is 24.3 Å². The third-order valence-corrected chi connectivity index (χ3v) is 4.15. The van der Waals surface area contributed by atoms with E-state index in [1.807, 2.05) is 0 Å². The second-order valence-corrected chi connectivity index (χ2v) is 7.07. The third-order valence-electron chi connectivity index (χ3n) is 2.98. The van der Waals surface area contributed by atoms with Crippen LogP contribution in [0.1, 0.15) is 39.0 Å². The Hall–Kier alpha value is -1.36. The molecule has 0 fully saturated rings. The Labute approximate surface area is 118 Å². The molecule has 0 aliphatic heterocycles. The van der Waals surface area contributed by atoms with Gasteiger partial charge in [-0.3, -0.25) is 0 Å². The molecule has 2 rings (SSSR count). The van der Waals surface area contributed by atoms with Crippen LogP contribution in [0.4, 0.5) is 11.8 Å². The first kappa shape index (κ1) is 14.1. The molecular formula is C14H22N4S. The zero-order valence-corrected chi connectivity index (χ0v) is 12.9. The van der Waals surface area contributed by atoms with Gasteiger partial charge in [0, 0.05) is 11.4 Å². The lowest BCUT2D eigenvalue weighted by Gasteiger charge is -2.18. The largest absolute Gasteiger partial charge is 0.369 e. The summed E-state index contributed by atoms with van der Waals surface area (Å²) in [5, 5.41) is 4.49. The van der Waals surface area contributed by atoms with E-state index in [9.17, 15) is 0 Å². The second-order valence-electron chi connectivity index (χ2n) is 5.95. The molecule has 2 aromatic heterocycles. The standard InChI is InChI=1S/C14H22N4S/c1-5-9-8-10-11(16-7-6-14(2,3)4)17-13(15)18-12(10)19-9/h8H,5-7H2,1-4H3,(H3,15,16,17,18). The fourth-order valence-electron chi connectivity index (χ4n) is 1.85. The molecule has 4 nitrogen and oxygen atoms in total. The van der Waals surface area contributed by atoms with E-state index in [-0.39, 0.29) is 0 Å². The van der Waals surface area contributed by atoms with Crippen LogP contribution in [0.3, 0.4) is 0 Å². The second kappa shape index (κ2) is 5.33. The van der Waals surface area contributed by atoms with Crippen LogP contribution < -0.4 is 11.1 Å². The maximum Gasteiger partial charge on any atom is 0.223 e. The number of aryl methyl sites for hydroxylation is 1. The van der Waals surface area contributed by atoms with Crippen LogP contribution in [0.2, 0.25) is 0 Å². The molecule has 0 unspecified atom stereocenters. The van der Waals surface area contributed by atoms with E-state index in [1.165, 1.54) is 4.88 Å². The van der Waals surface area contributed by atoms with Crippen molar-refractivity contribution in [3.05, 3.63) is 10.9 Å². The molecule has 2 heterocycles. The maximum absolute atomic E-state index is 5.78. The molecule has 0 aliphatic rings. The van der Waals surface area contributed by atoms with E-state index in [0.717, 1.165) is 35.4 Å². The fraction of sp³-hybridized carbons (Fsp3) is 0.571. The number of nitrogens with one attached hydrogen (secondary N) is 1. The SMILES string of the molecule is CCc1cc2c(NCCC(C)(C)C)nc(N)nc2s1. The molecule has 0 spiro atoms. The first-order valence-electron chi connectivity index (χ1n) is 6.69. The molecule has 0 aliphatic carbocycles. The molecule has 5 heteroatoms. The van der Waals surface area contributed by atoms with Crippen molar-refractivity contribution in [2.45, 2.75) is 40.5 Å². The summed E-state index contributed by atoms with van der Waals surface area (Å²) in [5.74, 6) is 1.21. The summed E-state index contributed by atoms with van der Waals surface area (Å²) in [6.45, 7) is 9.75. The lowest BCUT2D eigenvalue weighted by Crippen LogP contribution is -2.14. The van der Waals surface area contributed by atoms with Crippen molar-refractivity contribution in [2.75, 3.05) is 17.6 Å². The van der Waals surface area contributed by atoms with E-state index in [0.29, 0.717) is 11.4 Å². The molecule has 19 heavy (non-hydrogen) atoms. The van der Waals surface area contributed by atoms with Crippen LogP contribution in [0, 0.1) is 5.41 Å². The average Bonchev–Trinajstić information content (AvgIpc) is 2.70. The average molecular weight is 278 g/mol. The minimum atomic E-state index is 0.313. The van der Waals surface area contributed by atoms with Gasteiger partial charge in [-0.2, -0.15) is 4.98 Å². The van der Waals surface area contributed by atoms with Gasteiger partial charge in [-0.25, -0.2) is 4.98 Å². The zero-order chi connectivity index (χ0) is 14.0. The quantitative estimate of drug-likeness (QED) is 0.895. The normalized spacial score (nSPS) is 12.0. The van der Waals surface area contributed by atoms with E-state index in [4.69, 9.17) is 5.73 Å². The van der Waals surface area contributed by atoms with Crippen molar-refractivity contribution in [3.8, 4) is 0 Å². The number of nitrogens with zero attached hydrogens (tertiary/aromatic N) is 2. The number of fused-ring (bicyclic) bond motifs is 1. The van der Waals surface area contributed by atoms with Crippen LogP contribution in [0.5, 0.6) is 0 Å². The summed E-state index contributed by atoms with van der Waals surface area (Å²) in [5.41, 5.74) is 6.09. The van der Waals surface area contributed by atoms with Gasteiger partial charge in [-0.15, -0.1) is 11.3 Å². The molecule has 0 saturated heterocycles. The van der Waals surface area contributed by atoms with E-state index in [2.05, 4.69) is 49.0 Å². The number of nitrogen functional groups attached to an aromatic ring is 1. The molecular weight excluding hydrogens is 256 g/mol. The molecule has 104 valence electrons. The van der Waals surface area contributed by atoms with E-state index in [1.54, 1.807) is 11.3 Å². The number of anilines is 2. The predicted molar refractivity (Wildman–Crippen MR) is 83.8 cm³/mol. The summed E-state index contributed by atoms with van der Waals surface area (Å²) in [7, 11) is 0. The highest BCUT2D eigenvalue weighted by Gasteiger charge is 2.12. The Morgan fingerprint density at radius 3 is 2.68 bits per heavy atom. The molecule has 0 bridgehead atoms. The number of nitrogens with two attached hydrogens (primary N) is 1. The molecule has 2 aromatic rings. The summed E-state index contributed by atoms with van der Waals surface area (Å²) in [6, 6.07) is 2.17. The van der Waals surface area contributed by atoms with Gasteiger partial charge in [0.25, 0.3) is 0 Å². The highest BCUT2D eigenvalue weighted by atomic mass is 32.1. The monoisotopic (exact) mass is 278 g/mol. The maximum atomic E-state index is 5.78. The highest BCUT2D eigenvalue weighted by Crippen LogP contribution is 2.30. The molecule has 0 amide bonds. The van der Waals surface area contributed by atoms with Crippen molar-refractivity contribution in [3.63, 3.8) is 0 Å². The van der Waals surface area contributed by atoms with Gasteiger partial charge in [0.1, 0.15) is 10.6 Å². The molecule has 0 aromatic carbocycles. The van der Waals surface area contributed by atoms with Crippen LogP contribution in [0.15, 0.2) is 6.07 Å². The first-order chi connectivity index (χ1) is 8.89. The van der Waals surface area contributed by atoms with Crippen molar-refractivity contribution >= 4 is 33.3 Å². The number of thiophene rings is 1. The van der Waals surface area contributed by atoms with Gasteiger partial charge in [-0.1, -0.05) is 27.7 Å². The van der Waals surface area contributed by atoms with Crippen LogP contribution in [0.25, 0.3) is 10.2 Å². The van der Waals surface area contributed by atoms with Crippen LogP contribution in [-0.2, 0) is 6.42 Å². The lowest BCUT2D eigenvalue weighted by atomic mass is 9.92. The third kappa shape index (κ3) is 3.56. The fourth-order valence-corrected chi connectivity index (χ4v) is 2.83. The van der Waals surface area contributed by atoms with Crippen LogP contribution >= 0.6 is 11.3 Å². The van der Waals surface area contributed by atoms with Crippen molar-refractivity contribution in [2.24, 2.45) is 5.41 Å². The van der Waals surface area contributed by atoms with Gasteiger partial charge >= 0.3 is 0 Å². The number of hydrogen-bond acceptors (Lipinski definition) is 5. The van der Waals surface area contributed by atoms with E-state index < -0.39 is 0 Å². The Bertz CT molecular complexity index is 569. The molecule has 0 radical (unpaired) electrons. The summed E-state index contributed by atoms with van der Waals surface area (Å²) >= 11 is 1.69. The predicted octanol–water partition coefficient (Wildman–Crippen LogP) is 3.68. The van der Waals surface area contributed by atoms with Crippen molar-refractivity contribution in [1.82, 2.24) is 9.97 Å². The number of hydrogen-bond donors (Lipinski definition) is 2.